The first-order valence-corrected chi connectivity index (χ1v) is 5.95. The van der Waals surface area contributed by atoms with Crippen LogP contribution in [-0.4, -0.2) is 28.5 Å². The lowest BCUT2D eigenvalue weighted by Crippen LogP contribution is -2.23. The van der Waals surface area contributed by atoms with E-state index in [1.165, 1.54) is 0 Å². The summed E-state index contributed by atoms with van der Waals surface area (Å²) in [5.41, 5.74) is 7.54. The van der Waals surface area contributed by atoms with Gasteiger partial charge in [0.2, 0.25) is 11.7 Å². The molecule has 0 aliphatic carbocycles. The maximum atomic E-state index is 9.41. The Morgan fingerprint density at radius 2 is 2.16 bits per heavy atom. The molecule has 0 aliphatic rings. The summed E-state index contributed by atoms with van der Waals surface area (Å²) in [6, 6.07) is 4.98. The molecule has 0 fully saturated rings. The predicted molar refractivity (Wildman–Crippen MR) is 69.6 cm³/mol. The van der Waals surface area contributed by atoms with Crippen LogP contribution in [0.5, 0.6) is 5.75 Å². The monoisotopic (exact) mass is 263 g/mol. The van der Waals surface area contributed by atoms with E-state index in [1.54, 1.807) is 14.0 Å². The van der Waals surface area contributed by atoms with Crippen LogP contribution in [0.15, 0.2) is 22.7 Å². The molecule has 1 aromatic carbocycles. The Hall–Kier alpha value is -1.92. The Bertz CT molecular complexity index is 566. The topological polar surface area (TPSA) is 94.4 Å². The predicted octanol–water partition coefficient (Wildman–Crippen LogP) is 1.43. The average Bonchev–Trinajstić information content (AvgIpc) is 2.86. The zero-order valence-electron chi connectivity index (χ0n) is 11.1. The van der Waals surface area contributed by atoms with Crippen molar-refractivity contribution in [3.63, 3.8) is 0 Å². The minimum absolute atomic E-state index is 0.202. The normalized spacial score (nSPS) is 14.2. The van der Waals surface area contributed by atoms with Crippen molar-refractivity contribution in [2.75, 3.05) is 7.11 Å². The zero-order valence-corrected chi connectivity index (χ0v) is 11.1. The second-order valence-corrected chi connectivity index (χ2v) is 4.43. The third-order valence-electron chi connectivity index (χ3n) is 2.84. The number of nitrogens with two attached hydrogens (primary N) is 1. The molecule has 3 N–H and O–H groups in total. The summed E-state index contributed by atoms with van der Waals surface area (Å²) < 4.78 is 10.4. The van der Waals surface area contributed by atoms with E-state index in [2.05, 4.69) is 10.1 Å². The average molecular weight is 263 g/mol. The van der Waals surface area contributed by atoms with Crippen LogP contribution < -0.4 is 10.5 Å². The van der Waals surface area contributed by atoms with E-state index >= 15 is 0 Å². The first kappa shape index (κ1) is 13.5. The second kappa shape index (κ2) is 5.38. The molecule has 0 spiro atoms. The van der Waals surface area contributed by atoms with Gasteiger partial charge in [0.15, 0.2) is 0 Å². The fraction of sp³-hybridized carbons (Fsp3) is 0.385. The zero-order chi connectivity index (χ0) is 14.0. The van der Waals surface area contributed by atoms with Crippen molar-refractivity contribution in [2.24, 2.45) is 5.73 Å². The largest absolute Gasteiger partial charge is 0.496 e. The van der Waals surface area contributed by atoms with Gasteiger partial charge in [0.25, 0.3) is 0 Å². The van der Waals surface area contributed by atoms with Gasteiger partial charge in [0.05, 0.1) is 18.8 Å². The Morgan fingerprint density at radius 3 is 2.79 bits per heavy atom. The van der Waals surface area contributed by atoms with Gasteiger partial charge in [-0.3, -0.25) is 0 Å². The summed E-state index contributed by atoms with van der Waals surface area (Å²) in [6.45, 7) is 3.54. The summed E-state index contributed by atoms with van der Waals surface area (Å²) in [7, 11) is 1.58. The van der Waals surface area contributed by atoms with Crippen LogP contribution in [0.4, 0.5) is 0 Å². The van der Waals surface area contributed by atoms with Gasteiger partial charge in [-0.25, -0.2) is 0 Å². The van der Waals surface area contributed by atoms with Crippen LogP contribution in [0.3, 0.4) is 0 Å². The number of rotatable bonds is 4. The lowest BCUT2D eigenvalue weighted by atomic mass is 10.1. The van der Waals surface area contributed by atoms with Crippen molar-refractivity contribution >= 4 is 0 Å². The number of methoxy groups -OCH3 is 1. The van der Waals surface area contributed by atoms with E-state index in [1.807, 2.05) is 25.1 Å². The van der Waals surface area contributed by atoms with Gasteiger partial charge in [-0.2, -0.15) is 4.98 Å². The van der Waals surface area contributed by atoms with Gasteiger partial charge < -0.3 is 20.1 Å². The van der Waals surface area contributed by atoms with E-state index in [0.717, 1.165) is 11.1 Å². The Balaban J connectivity index is 2.38. The molecule has 6 heteroatoms. The van der Waals surface area contributed by atoms with E-state index in [0.29, 0.717) is 11.6 Å². The second-order valence-electron chi connectivity index (χ2n) is 4.43. The third kappa shape index (κ3) is 2.74. The molecule has 6 nitrogen and oxygen atoms in total. The molecule has 0 amide bonds. The molecule has 19 heavy (non-hydrogen) atoms. The third-order valence-corrected chi connectivity index (χ3v) is 2.84. The Morgan fingerprint density at radius 1 is 1.42 bits per heavy atom. The Kier molecular flexibility index (Phi) is 3.82. The molecule has 0 bridgehead atoms. The van der Waals surface area contributed by atoms with Gasteiger partial charge >= 0.3 is 0 Å². The number of aromatic nitrogens is 2. The number of ether oxygens (including phenoxy) is 1. The van der Waals surface area contributed by atoms with Gasteiger partial charge in [0.1, 0.15) is 11.8 Å². The number of nitrogens with zero attached hydrogens (tertiary/aromatic N) is 2. The highest BCUT2D eigenvalue weighted by molar-refractivity contribution is 5.64. The molecule has 1 aromatic heterocycles. The summed E-state index contributed by atoms with van der Waals surface area (Å²) >= 11 is 0. The number of hydrogen-bond acceptors (Lipinski definition) is 6. The van der Waals surface area contributed by atoms with E-state index in [-0.39, 0.29) is 5.89 Å². The lowest BCUT2D eigenvalue weighted by molar-refractivity contribution is 0.146. The fourth-order valence-corrected chi connectivity index (χ4v) is 1.67. The fourth-order valence-electron chi connectivity index (χ4n) is 1.67. The number of aliphatic hydroxyl groups excluding tert-OH is 1. The molecule has 0 saturated heterocycles. The van der Waals surface area contributed by atoms with Gasteiger partial charge in [-0.15, -0.1) is 0 Å². The molecule has 2 atom stereocenters. The van der Waals surface area contributed by atoms with Crippen LogP contribution in [0.25, 0.3) is 11.4 Å². The molecule has 0 saturated carbocycles. The summed E-state index contributed by atoms with van der Waals surface area (Å²) in [5, 5.41) is 13.3. The molecule has 2 aromatic rings. The number of aryl methyl sites for hydroxylation is 1. The van der Waals surface area contributed by atoms with E-state index < -0.39 is 12.1 Å². The highest BCUT2D eigenvalue weighted by atomic mass is 16.5. The summed E-state index contributed by atoms with van der Waals surface area (Å²) in [6.07, 6.45) is -0.756. The minimum atomic E-state index is -0.756. The summed E-state index contributed by atoms with van der Waals surface area (Å²) in [5.74, 6) is 1.26. The molecular formula is C13H17N3O3. The van der Waals surface area contributed by atoms with Gasteiger partial charge in [-0.1, -0.05) is 11.2 Å². The molecule has 0 radical (unpaired) electrons. The van der Waals surface area contributed by atoms with Crippen molar-refractivity contribution in [1.29, 1.82) is 0 Å². The number of hydrogen-bond donors (Lipinski definition) is 2. The number of benzene rings is 1. The van der Waals surface area contributed by atoms with Gasteiger partial charge in [-0.05, 0) is 31.5 Å². The molecular weight excluding hydrogens is 246 g/mol. The van der Waals surface area contributed by atoms with Crippen molar-refractivity contribution in [2.45, 2.75) is 26.0 Å². The number of aliphatic hydroxyl groups is 1. The van der Waals surface area contributed by atoms with Crippen molar-refractivity contribution in [3.8, 4) is 17.1 Å². The first-order valence-electron chi connectivity index (χ1n) is 5.95. The smallest absolute Gasteiger partial charge is 0.246 e. The van der Waals surface area contributed by atoms with Crippen molar-refractivity contribution < 1.29 is 14.4 Å². The quantitative estimate of drug-likeness (QED) is 0.866. The van der Waals surface area contributed by atoms with Crippen LogP contribution in [0.1, 0.15) is 24.4 Å². The first-order chi connectivity index (χ1) is 9.02. The van der Waals surface area contributed by atoms with Crippen molar-refractivity contribution in [1.82, 2.24) is 10.1 Å². The molecule has 1 heterocycles. The maximum absolute atomic E-state index is 9.41. The van der Waals surface area contributed by atoms with Crippen LogP contribution in [0, 0.1) is 6.92 Å². The highest BCUT2D eigenvalue weighted by Gasteiger charge is 2.21. The molecule has 0 aliphatic heterocycles. The molecule has 2 rings (SSSR count). The SMILES string of the molecule is COc1cc(C)ccc1-c1noc([C@@H](N)[C@@H](C)O)n1. The van der Waals surface area contributed by atoms with Crippen LogP contribution in [0.2, 0.25) is 0 Å². The molecule has 0 unspecified atom stereocenters. The van der Waals surface area contributed by atoms with E-state index in [4.69, 9.17) is 15.0 Å². The van der Waals surface area contributed by atoms with E-state index in [9.17, 15) is 5.11 Å². The highest BCUT2D eigenvalue weighted by Crippen LogP contribution is 2.29. The standard InChI is InChI=1S/C13H17N3O3/c1-7-4-5-9(10(6-7)18-3)12-15-13(19-16-12)11(14)8(2)17/h4-6,8,11,17H,14H2,1-3H3/t8-,11+/m1/s1. The van der Waals surface area contributed by atoms with Crippen LogP contribution >= 0.6 is 0 Å². The molecule has 102 valence electrons. The lowest BCUT2D eigenvalue weighted by Gasteiger charge is -2.08. The summed E-state index contributed by atoms with van der Waals surface area (Å²) in [4.78, 5) is 4.20. The maximum Gasteiger partial charge on any atom is 0.246 e. The van der Waals surface area contributed by atoms with Gasteiger partial charge in [0, 0.05) is 0 Å². The minimum Gasteiger partial charge on any atom is -0.496 e. The Labute approximate surface area is 111 Å². The van der Waals surface area contributed by atoms with Crippen molar-refractivity contribution in [3.05, 3.63) is 29.7 Å². The van der Waals surface area contributed by atoms with Crippen LogP contribution in [-0.2, 0) is 0 Å².